The van der Waals surface area contributed by atoms with Gasteiger partial charge in [0.15, 0.2) is 0 Å². The highest BCUT2D eigenvalue weighted by atomic mass is 16.3. The molecule has 27 heavy (non-hydrogen) atoms. The lowest BCUT2D eigenvalue weighted by molar-refractivity contribution is -0.139. The molecule has 2 aliphatic rings. The van der Waals surface area contributed by atoms with Crippen LogP contribution in [0.25, 0.3) is 5.57 Å². The van der Waals surface area contributed by atoms with E-state index < -0.39 is 5.92 Å². The fourth-order valence-corrected chi connectivity index (χ4v) is 4.06. The van der Waals surface area contributed by atoms with Gasteiger partial charge in [-0.15, -0.1) is 0 Å². The molecule has 2 aliphatic heterocycles. The number of anilines is 1. The number of aryl methyl sites for hydroxylation is 2. The Kier molecular flexibility index (Phi) is 4.60. The Bertz CT molecular complexity index is 878. The average molecular weight is 364 g/mol. The lowest BCUT2D eigenvalue weighted by atomic mass is 10.0. The summed E-state index contributed by atoms with van der Waals surface area (Å²) in [4.78, 5) is 29.6. The molecule has 1 atom stereocenters. The monoisotopic (exact) mass is 364 g/mol. The van der Waals surface area contributed by atoms with Gasteiger partial charge in [0.25, 0.3) is 0 Å². The number of hydrogen-bond donors (Lipinski definition) is 0. The van der Waals surface area contributed by atoms with Crippen molar-refractivity contribution in [2.75, 3.05) is 24.5 Å². The van der Waals surface area contributed by atoms with Crippen LogP contribution in [0.3, 0.4) is 0 Å². The van der Waals surface area contributed by atoms with E-state index in [4.69, 9.17) is 4.42 Å². The minimum Gasteiger partial charge on any atom is -0.465 e. The van der Waals surface area contributed by atoms with E-state index in [0.29, 0.717) is 26.1 Å². The molecule has 1 aromatic carbocycles. The number of amides is 2. The molecule has 0 spiro atoms. The SMILES string of the molecule is Cc1cc(C)cc(N2CCC(C(=O)N3CCC=C(c4ccco4)C3)C2=O)c1. The number of benzene rings is 1. The number of hydrogen-bond acceptors (Lipinski definition) is 3. The molecule has 140 valence electrons. The van der Waals surface area contributed by atoms with Gasteiger partial charge in [0.1, 0.15) is 11.7 Å². The Hall–Kier alpha value is -2.82. The molecule has 5 heteroatoms. The molecule has 1 aromatic heterocycles. The van der Waals surface area contributed by atoms with E-state index in [-0.39, 0.29) is 11.8 Å². The number of furan rings is 1. The highest BCUT2D eigenvalue weighted by Crippen LogP contribution is 2.30. The Labute approximate surface area is 159 Å². The van der Waals surface area contributed by atoms with E-state index in [1.54, 1.807) is 16.1 Å². The first-order chi connectivity index (χ1) is 13.0. The summed E-state index contributed by atoms with van der Waals surface area (Å²) in [5.74, 6) is 0.0620. The van der Waals surface area contributed by atoms with Crippen LogP contribution in [0.15, 0.2) is 47.1 Å². The summed E-state index contributed by atoms with van der Waals surface area (Å²) >= 11 is 0. The Morgan fingerprint density at radius 1 is 1.15 bits per heavy atom. The number of carbonyl (C=O) groups excluding carboxylic acids is 2. The second kappa shape index (κ2) is 7.06. The third kappa shape index (κ3) is 3.42. The molecule has 2 aromatic rings. The molecule has 0 saturated carbocycles. The smallest absolute Gasteiger partial charge is 0.239 e. The van der Waals surface area contributed by atoms with Gasteiger partial charge in [0.2, 0.25) is 11.8 Å². The van der Waals surface area contributed by atoms with Crippen LogP contribution >= 0.6 is 0 Å². The molecule has 1 unspecified atom stereocenters. The second-order valence-electron chi connectivity index (χ2n) is 7.43. The molecule has 3 heterocycles. The molecule has 1 saturated heterocycles. The van der Waals surface area contributed by atoms with Crippen molar-refractivity contribution in [1.29, 1.82) is 0 Å². The molecule has 0 bridgehead atoms. The summed E-state index contributed by atoms with van der Waals surface area (Å²) in [6, 6.07) is 9.86. The van der Waals surface area contributed by atoms with Crippen molar-refractivity contribution in [3.63, 3.8) is 0 Å². The van der Waals surface area contributed by atoms with Gasteiger partial charge in [0, 0.05) is 30.9 Å². The number of nitrogens with zero attached hydrogens (tertiary/aromatic N) is 2. The Morgan fingerprint density at radius 3 is 2.63 bits per heavy atom. The summed E-state index contributed by atoms with van der Waals surface area (Å²) in [5, 5.41) is 0. The fourth-order valence-electron chi connectivity index (χ4n) is 4.06. The van der Waals surface area contributed by atoms with E-state index in [9.17, 15) is 9.59 Å². The van der Waals surface area contributed by atoms with Crippen LogP contribution in [0.4, 0.5) is 5.69 Å². The van der Waals surface area contributed by atoms with Crippen molar-refractivity contribution < 1.29 is 14.0 Å². The molecule has 1 fully saturated rings. The third-order valence-electron chi connectivity index (χ3n) is 5.32. The van der Waals surface area contributed by atoms with Gasteiger partial charge in [0.05, 0.1) is 6.26 Å². The zero-order chi connectivity index (χ0) is 19.0. The van der Waals surface area contributed by atoms with Crippen LogP contribution in [0.5, 0.6) is 0 Å². The number of carbonyl (C=O) groups is 2. The predicted molar refractivity (Wildman–Crippen MR) is 104 cm³/mol. The Morgan fingerprint density at radius 2 is 1.93 bits per heavy atom. The fraction of sp³-hybridized carbons (Fsp3) is 0.364. The first kappa shape index (κ1) is 17.6. The van der Waals surface area contributed by atoms with Crippen molar-refractivity contribution in [2.24, 2.45) is 5.92 Å². The minimum absolute atomic E-state index is 0.0657. The summed E-state index contributed by atoms with van der Waals surface area (Å²) in [7, 11) is 0. The number of rotatable bonds is 3. The van der Waals surface area contributed by atoms with Gasteiger partial charge in [-0.2, -0.15) is 0 Å². The summed E-state index contributed by atoms with van der Waals surface area (Å²) in [6.45, 7) is 5.79. The van der Waals surface area contributed by atoms with E-state index >= 15 is 0 Å². The van der Waals surface area contributed by atoms with E-state index in [0.717, 1.165) is 34.6 Å². The highest BCUT2D eigenvalue weighted by Gasteiger charge is 2.40. The van der Waals surface area contributed by atoms with Crippen molar-refractivity contribution in [2.45, 2.75) is 26.7 Å². The molecular formula is C22H24N2O3. The van der Waals surface area contributed by atoms with Crippen LogP contribution in [0.2, 0.25) is 0 Å². The Balaban J connectivity index is 1.48. The van der Waals surface area contributed by atoms with E-state index in [2.05, 4.69) is 12.1 Å². The maximum Gasteiger partial charge on any atom is 0.239 e. The molecule has 0 aliphatic carbocycles. The molecular weight excluding hydrogens is 340 g/mol. The van der Waals surface area contributed by atoms with Gasteiger partial charge < -0.3 is 14.2 Å². The minimum atomic E-state index is -0.582. The first-order valence-corrected chi connectivity index (χ1v) is 9.44. The van der Waals surface area contributed by atoms with Crippen molar-refractivity contribution in [3.8, 4) is 0 Å². The molecule has 5 nitrogen and oxygen atoms in total. The van der Waals surface area contributed by atoms with Gasteiger partial charge in [-0.25, -0.2) is 0 Å². The van der Waals surface area contributed by atoms with Crippen molar-refractivity contribution in [3.05, 3.63) is 59.6 Å². The quantitative estimate of drug-likeness (QED) is 0.783. The lowest BCUT2D eigenvalue weighted by Crippen LogP contribution is -2.42. The average Bonchev–Trinajstić information content (AvgIpc) is 3.30. The second-order valence-corrected chi connectivity index (χ2v) is 7.43. The van der Waals surface area contributed by atoms with Gasteiger partial charge in [-0.1, -0.05) is 12.1 Å². The maximum absolute atomic E-state index is 13.1. The summed E-state index contributed by atoms with van der Waals surface area (Å²) in [6.07, 6.45) is 5.10. The van der Waals surface area contributed by atoms with Gasteiger partial charge in [-0.3, -0.25) is 9.59 Å². The predicted octanol–water partition coefficient (Wildman–Crippen LogP) is 3.57. The van der Waals surface area contributed by atoms with Gasteiger partial charge >= 0.3 is 0 Å². The lowest BCUT2D eigenvalue weighted by Gasteiger charge is -2.28. The third-order valence-corrected chi connectivity index (χ3v) is 5.32. The zero-order valence-electron chi connectivity index (χ0n) is 15.8. The molecule has 0 N–H and O–H groups in total. The van der Waals surface area contributed by atoms with Crippen molar-refractivity contribution >= 4 is 23.1 Å². The first-order valence-electron chi connectivity index (χ1n) is 9.44. The topological polar surface area (TPSA) is 53.8 Å². The molecule has 2 amide bonds. The largest absolute Gasteiger partial charge is 0.465 e. The maximum atomic E-state index is 13.1. The van der Waals surface area contributed by atoms with Gasteiger partial charge in [-0.05, 0) is 62.1 Å². The van der Waals surface area contributed by atoms with Crippen LogP contribution in [-0.2, 0) is 9.59 Å². The summed E-state index contributed by atoms with van der Waals surface area (Å²) in [5.41, 5.74) is 4.15. The van der Waals surface area contributed by atoms with E-state index in [1.165, 1.54) is 0 Å². The van der Waals surface area contributed by atoms with Crippen LogP contribution < -0.4 is 4.90 Å². The highest BCUT2D eigenvalue weighted by molar-refractivity contribution is 6.10. The van der Waals surface area contributed by atoms with Crippen LogP contribution in [0, 0.1) is 19.8 Å². The molecule has 0 radical (unpaired) electrons. The standard InChI is InChI=1S/C22H24N2O3/c1-15-11-16(2)13-18(12-15)24-9-7-19(22(24)26)21(25)23-8-3-5-17(14-23)20-6-4-10-27-20/h4-6,10-13,19H,3,7-9,14H2,1-2H3. The van der Waals surface area contributed by atoms with Crippen LogP contribution in [0.1, 0.15) is 29.7 Å². The normalized spacial score (nSPS) is 20.1. The van der Waals surface area contributed by atoms with E-state index in [1.807, 2.05) is 38.1 Å². The molecule has 4 rings (SSSR count). The summed E-state index contributed by atoms with van der Waals surface area (Å²) < 4.78 is 5.46. The van der Waals surface area contributed by atoms with Crippen molar-refractivity contribution in [1.82, 2.24) is 4.90 Å². The zero-order valence-corrected chi connectivity index (χ0v) is 15.8. The van der Waals surface area contributed by atoms with Crippen LogP contribution in [-0.4, -0.2) is 36.3 Å².